The van der Waals surface area contributed by atoms with Gasteiger partial charge >= 0.3 is 5.69 Å². The lowest BCUT2D eigenvalue weighted by Crippen LogP contribution is -2.52. The molecule has 1 heterocycles. The van der Waals surface area contributed by atoms with E-state index in [-0.39, 0.29) is 34.0 Å². The largest absolute Gasteiger partial charge is 0.320 e. The van der Waals surface area contributed by atoms with Gasteiger partial charge in [-0.1, -0.05) is 41.9 Å². The fraction of sp³-hybridized carbons (Fsp3) is 0.370. The maximum absolute atomic E-state index is 13.3. The molecule has 4 saturated carbocycles. The Hall–Kier alpha value is -3.52. The minimum Gasteiger partial charge on any atom is -0.320 e. The van der Waals surface area contributed by atoms with Crippen LogP contribution >= 0.6 is 11.6 Å². The molecule has 4 fully saturated rings. The van der Waals surface area contributed by atoms with Gasteiger partial charge in [-0.2, -0.15) is 5.10 Å². The van der Waals surface area contributed by atoms with Gasteiger partial charge in [0.2, 0.25) is 5.69 Å². The Morgan fingerprint density at radius 3 is 2.28 bits per heavy atom. The third-order valence-corrected chi connectivity index (χ3v) is 8.34. The van der Waals surface area contributed by atoms with Gasteiger partial charge in [0.25, 0.3) is 5.91 Å². The lowest BCUT2D eigenvalue weighted by Gasteiger charge is -2.56. The number of nitrogens with zero attached hydrogens (tertiary/aromatic N) is 3. The molecule has 4 aliphatic rings. The van der Waals surface area contributed by atoms with E-state index in [1.54, 1.807) is 41.1 Å². The normalized spacial score (nSPS) is 26.1. The summed E-state index contributed by atoms with van der Waals surface area (Å²) in [4.78, 5) is 37.8. The van der Waals surface area contributed by atoms with Crippen molar-refractivity contribution in [3.63, 3.8) is 0 Å². The highest BCUT2D eigenvalue weighted by Crippen LogP contribution is 2.58. The minimum atomic E-state index is -0.727. The first kappa shape index (κ1) is 22.9. The Morgan fingerprint density at radius 2 is 1.67 bits per heavy atom. The molecule has 0 spiro atoms. The first-order chi connectivity index (χ1) is 17.3. The molecular weight excluding hydrogens is 480 g/mol. The van der Waals surface area contributed by atoms with Crippen LogP contribution in [0.1, 0.15) is 64.9 Å². The second kappa shape index (κ2) is 8.55. The van der Waals surface area contributed by atoms with E-state index >= 15 is 0 Å². The van der Waals surface area contributed by atoms with Crippen LogP contribution in [0.2, 0.25) is 5.02 Å². The number of nitrogens with one attached hydrogen (secondary N) is 1. The second-order valence-electron chi connectivity index (χ2n) is 10.5. The van der Waals surface area contributed by atoms with Crippen LogP contribution in [0.15, 0.2) is 54.7 Å². The third kappa shape index (κ3) is 3.89. The molecule has 0 saturated heterocycles. The Balaban J connectivity index is 1.33. The van der Waals surface area contributed by atoms with Gasteiger partial charge in [-0.15, -0.1) is 0 Å². The lowest BCUT2D eigenvalue weighted by molar-refractivity contribution is -0.385. The smallest absolute Gasteiger partial charge is 0.320 e. The van der Waals surface area contributed by atoms with Crippen molar-refractivity contribution >= 4 is 34.7 Å². The molecule has 4 aliphatic carbocycles. The number of amides is 1. The van der Waals surface area contributed by atoms with E-state index in [1.807, 2.05) is 0 Å². The molecule has 7 rings (SSSR count). The van der Waals surface area contributed by atoms with E-state index < -0.39 is 10.8 Å². The number of carbonyl (C=O) groups is 2. The molecule has 3 aromatic rings. The van der Waals surface area contributed by atoms with Crippen molar-refractivity contribution in [3.8, 4) is 0 Å². The van der Waals surface area contributed by atoms with Crippen molar-refractivity contribution in [1.82, 2.24) is 9.78 Å². The topological polar surface area (TPSA) is 107 Å². The maximum Gasteiger partial charge on any atom is 0.320 e. The van der Waals surface area contributed by atoms with Crippen LogP contribution in [-0.2, 0) is 5.54 Å². The quantitative estimate of drug-likeness (QED) is 0.257. The molecule has 0 aliphatic heterocycles. The standard InChI is InChI=1S/C27H25ClN4O4/c28-20-6-7-22(21(11-20)25(33)19-4-2-1-3-5-19)29-26(34)24-23(32(35)36)15-31(30-24)27-12-16-8-17(13-27)10-18(9-16)14-27/h1-7,11,15-18H,8-10,12-14H2,(H,29,34). The summed E-state index contributed by atoms with van der Waals surface area (Å²) in [5.74, 6) is 0.823. The Labute approximate surface area is 212 Å². The summed E-state index contributed by atoms with van der Waals surface area (Å²) in [6, 6.07) is 13.2. The van der Waals surface area contributed by atoms with Crippen LogP contribution in [0, 0.1) is 27.9 Å². The minimum absolute atomic E-state index is 0.199. The number of nitro groups is 1. The summed E-state index contributed by atoms with van der Waals surface area (Å²) in [6.07, 6.45) is 7.96. The second-order valence-corrected chi connectivity index (χ2v) is 11.0. The highest BCUT2D eigenvalue weighted by atomic mass is 35.5. The van der Waals surface area contributed by atoms with Gasteiger partial charge in [0.05, 0.1) is 16.1 Å². The van der Waals surface area contributed by atoms with Crippen LogP contribution in [0.4, 0.5) is 11.4 Å². The zero-order valence-corrected chi connectivity index (χ0v) is 20.3. The lowest BCUT2D eigenvalue weighted by atomic mass is 9.53. The first-order valence-corrected chi connectivity index (χ1v) is 12.6. The first-order valence-electron chi connectivity index (χ1n) is 12.3. The molecule has 9 heteroatoms. The molecule has 0 radical (unpaired) electrons. The summed E-state index contributed by atoms with van der Waals surface area (Å²) in [5.41, 5.74) is 0.0265. The predicted octanol–water partition coefficient (Wildman–Crippen LogP) is 5.85. The summed E-state index contributed by atoms with van der Waals surface area (Å²) in [6.45, 7) is 0. The fourth-order valence-electron chi connectivity index (χ4n) is 6.99. The molecule has 1 N–H and O–H groups in total. The zero-order valence-electron chi connectivity index (χ0n) is 19.5. The van der Waals surface area contributed by atoms with E-state index in [9.17, 15) is 19.7 Å². The van der Waals surface area contributed by atoms with Crippen molar-refractivity contribution in [3.05, 3.63) is 86.7 Å². The van der Waals surface area contributed by atoms with Crippen molar-refractivity contribution in [2.75, 3.05) is 5.32 Å². The fourth-order valence-corrected chi connectivity index (χ4v) is 7.16. The van der Waals surface area contributed by atoms with Crippen molar-refractivity contribution in [2.24, 2.45) is 17.8 Å². The van der Waals surface area contributed by atoms with Crippen molar-refractivity contribution < 1.29 is 14.5 Å². The predicted molar refractivity (Wildman–Crippen MR) is 134 cm³/mol. The van der Waals surface area contributed by atoms with Crippen LogP contribution in [0.3, 0.4) is 0 Å². The van der Waals surface area contributed by atoms with Gasteiger partial charge in [-0.3, -0.25) is 24.4 Å². The molecule has 36 heavy (non-hydrogen) atoms. The SMILES string of the molecule is O=C(c1ccccc1)c1cc(Cl)ccc1NC(=O)c1nn(C23CC4CC(CC(C4)C2)C3)cc1[N+](=O)[O-]. The van der Waals surface area contributed by atoms with E-state index in [0.29, 0.717) is 28.3 Å². The molecule has 1 aromatic heterocycles. The molecule has 1 amide bonds. The number of hydrogen-bond acceptors (Lipinski definition) is 5. The van der Waals surface area contributed by atoms with Gasteiger partial charge in [-0.25, -0.2) is 0 Å². The zero-order chi connectivity index (χ0) is 25.0. The van der Waals surface area contributed by atoms with Gasteiger partial charge in [0.15, 0.2) is 5.78 Å². The van der Waals surface area contributed by atoms with Crippen molar-refractivity contribution in [2.45, 2.75) is 44.1 Å². The monoisotopic (exact) mass is 504 g/mol. The van der Waals surface area contributed by atoms with E-state index in [2.05, 4.69) is 10.4 Å². The van der Waals surface area contributed by atoms with Gasteiger partial charge < -0.3 is 5.32 Å². The number of benzene rings is 2. The van der Waals surface area contributed by atoms with Crippen molar-refractivity contribution in [1.29, 1.82) is 0 Å². The number of ketones is 1. The van der Waals surface area contributed by atoms with Gasteiger partial charge in [0, 0.05) is 16.1 Å². The highest BCUT2D eigenvalue weighted by molar-refractivity contribution is 6.31. The van der Waals surface area contributed by atoms with Gasteiger partial charge in [-0.05, 0) is 74.5 Å². The molecule has 2 aromatic carbocycles. The summed E-state index contributed by atoms with van der Waals surface area (Å²) in [7, 11) is 0. The molecule has 8 nitrogen and oxygen atoms in total. The number of anilines is 1. The average Bonchev–Trinajstić information content (AvgIpc) is 3.32. The maximum atomic E-state index is 13.3. The van der Waals surface area contributed by atoms with Crippen LogP contribution < -0.4 is 5.32 Å². The molecular formula is C27H25ClN4O4. The number of halogens is 1. The highest BCUT2D eigenvalue weighted by Gasteiger charge is 2.53. The molecule has 184 valence electrons. The number of hydrogen-bond donors (Lipinski definition) is 1. The molecule has 0 unspecified atom stereocenters. The number of carbonyl (C=O) groups excluding carboxylic acids is 2. The number of rotatable bonds is 6. The van der Waals surface area contributed by atoms with E-state index in [4.69, 9.17) is 11.6 Å². The Morgan fingerprint density at radius 1 is 1.03 bits per heavy atom. The Kier molecular flexibility index (Phi) is 5.44. The van der Waals surface area contributed by atoms with E-state index in [1.165, 1.54) is 37.6 Å². The van der Waals surface area contributed by atoms with Crippen LogP contribution in [-0.4, -0.2) is 26.4 Å². The Bertz CT molecular complexity index is 1350. The molecule has 0 atom stereocenters. The van der Waals surface area contributed by atoms with E-state index in [0.717, 1.165) is 19.3 Å². The molecule has 4 bridgehead atoms. The van der Waals surface area contributed by atoms with Gasteiger partial charge in [0.1, 0.15) is 6.20 Å². The number of aromatic nitrogens is 2. The summed E-state index contributed by atoms with van der Waals surface area (Å²) in [5, 5.41) is 19.5. The average molecular weight is 505 g/mol. The summed E-state index contributed by atoms with van der Waals surface area (Å²) < 4.78 is 1.71. The summed E-state index contributed by atoms with van der Waals surface area (Å²) >= 11 is 6.15. The third-order valence-electron chi connectivity index (χ3n) is 8.11. The van der Waals surface area contributed by atoms with Crippen LogP contribution in [0.5, 0.6) is 0 Å². The van der Waals surface area contributed by atoms with Crippen LogP contribution in [0.25, 0.3) is 0 Å².